The van der Waals surface area contributed by atoms with Gasteiger partial charge in [-0.2, -0.15) is 5.26 Å². The van der Waals surface area contributed by atoms with Crippen molar-refractivity contribution in [3.8, 4) is 16.6 Å². The molecule has 2 nitrogen and oxygen atoms in total. The molecule has 0 aliphatic rings. The molecule has 2 rings (SSSR count). The summed E-state index contributed by atoms with van der Waals surface area (Å²) in [5, 5.41) is 9.15. The number of thiazole rings is 1. The minimum atomic E-state index is -0.668. The lowest BCUT2D eigenvalue weighted by Gasteiger charge is -1.97. The standard InChI is InChI=1S/C11H6F2N2S/c1-6-10(5-14)16-11(15-6)8-3-2-7(12)4-9(8)13/h2-4H,1H3. The van der Waals surface area contributed by atoms with Crippen molar-refractivity contribution in [2.45, 2.75) is 6.92 Å². The molecular weight excluding hydrogens is 230 g/mol. The first-order valence-electron chi connectivity index (χ1n) is 4.45. The van der Waals surface area contributed by atoms with Crippen molar-refractivity contribution in [2.24, 2.45) is 0 Å². The Morgan fingerprint density at radius 2 is 2.12 bits per heavy atom. The summed E-state index contributed by atoms with van der Waals surface area (Å²) in [5.74, 6) is -1.30. The predicted molar refractivity (Wildman–Crippen MR) is 56.9 cm³/mol. The molecule has 0 unspecified atom stereocenters. The number of aryl methyl sites for hydroxylation is 1. The molecule has 0 saturated carbocycles. The molecule has 0 aliphatic carbocycles. The Morgan fingerprint density at radius 1 is 1.38 bits per heavy atom. The number of aromatic nitrogens is 1. The number of nitrogens with zero attached hydrogens (tertiary/aromatic N) is 2. The molecule has 0 N–H and O–H groups in total. The Hall–Kier alpha value is -1.80. The normalized spacial score (nSPS) is 10.1. The van der Waals surface area contributed by atoms with E-state index in [1.165, 1.54) is 12.1 Å². The van der Waals surface area contributed by atoms with Crippen LogP contribution in [0, 0.1) is 29.9 Å². The van der Waals surface area contributed by atoms with E-state index < -0.39 is 11.6 Å². The van der Waals surface area contributed by atoms with Gasteiger partial charge >= 0.3 is 0 Å². The Balaban J connectivity index is 2.55. The fourth-order valence-corrected chi connectivity index (χ4v) is 2.17. The molecule has 0 fully saturated rings. The van der Waals surface area contributed by atoms with Gasteiger partial charge < -0.3 is 0 Å². The van der Waals surface area contributed by atoms with Crippen molar-refractivity contribution >= 4 is 11.3 Å². The molecule has 16 heavy (non-hydrogen) atoms. The van der Waals surface area contributed by atoms with E-state index in [1.807, 2.05) is 6.07 Å². The van der Waals surface area contributed by atoms with Crippen LogP contribution in [0.3, 0.4) is 0 Å². The van der Waals surface area contributed by atoms with Crippen LogP contribution in [0.4, 0.5) is 8.78 Å². The van der Waals surface area contributed by atoms with Gasteiger partial charge in [0.1, 0.15) is 27.6 Å². The highest BCUT2D eigenvalue weighted by Crippen LogP contribution is 2.29. The van der Waals surface area contributed by atoms with Crippen molar-refractivity contribution in [1.29, 1.82) is 5.26 Å². The summed E-state index contributed by atoms with van der Waals surface area (Å²) in [6.07, 6.45) is 0. The topological polar surface area (TPSA) is 36.7 Å². The van der Waals surface area contributed by atoms with Crippen LogP contribution >= 0.6 is 11.3 Å². The van der Waals surface area contributed by atoms with Gasteiger partial charge in [0.2, 0.25) is 0 Å². The third-order valence-electron chi connectivity index (χ3n) is 2.06. The number of hydrogen-bond acceptors (Lipinski definition) is 3. The Labute approximate surface area is 94.8 Å². The van der Waals surface area contributed by atoms with Crippen molar-refractivity contribution in [3.05, 3.63) is 40.4 Å². The van der Waals surface area contributed by atoms with Gasteiger partial charge in [-0.05, 0) is 19.1 Å². The van der Waals surface area contributed by atoms with E-state index in [2.05, 4.69) is 4.98 Å². The average molecular weight is 236 g/mol. The average Bonchev–Trinajstić information content (AvgIpc) is 2.59. The van der Waals surface area contributed by atoms with Crippen LogP contribution in [0.15, 0.2) is 18.2 Å². The van der Waals surface area contributed by atoms with E-state index >= 15 is 0 Å². The zero-order chi connectivity index (χ0) is 11.7. The number of rotatable bonds is 1. The number of hydrogen-bond donors (Lipinski definition) is 0. The Bertz CT molecular complexity index is 584. The highest BCUT2D eigenvalue weighted by atomic mass is 32.1. The third kappa shape index (κ3) is 1.79. The summed E-state index contributed by atoms with van der Waals surface area (Å²) < 4.78 is 26.1. The highest BCUT2D eigenvalue weighted by Gasteiger charge is 2.13. The van der Waals surface area contributed by atoms with Crippen LogP contribution in [0.2, 0.25) is 0 Å². The number of halogens is 2. The van der Waals surface area contributed by atoms with Gasteiger partial charge in [-0.1, -0.05) is 0 Å². The second-order valence-electron chi connectivity index (χ2n) is 3.17. The van der Waals surface area contributed by atoms with E-state index in [4.69, 9.17) is 5.26 Å². The van der Waals surface area contributed by atoms with E-state index in [0.29, 0.717) is 15.6 Å². The summed E-state index contributed by atoms with van der Waals surface area (Å²) in [6.45, 7) is 1.68. The smallest absolute Gasteiger partial charge is 0.136 e. The quantitative estimate of drug-likeness (QED) is 0.762. The largest absolute Gasteiger partial charge is 0.240 e. The summed E-state index contributed by atoms with van der Waals surface area (Å²) in [6, 6.07) is 5.27. The molecule has 0 atom stereocenters. The maximum Gasteiger partial charge on any atom is 0.136 e. The van der Waals surface area contributed by atoms with E-state index in [9.17, 15) is 8.78 Å². The molecule has 2 aromatic rings. The molecule has 0 bridgehead atoms. The lowest BCUT2D eigenvalue weighted by Crippen LogP contribution is -1.85. The molecule has 1 aromatic carbocycles. The van der Waals surface area contributed by atoms with Crippen LogP contribution in [0.1, 0.15) is 10.6 Å². The van der Waals surface area contributed by atoms with Gasteiger partial charge in [0.05, 0.1) is 5.69 Å². The first-order chi connectivity index (χ1) is 7.61. The van der Waals surface area contributed by atoms with Gasteiger partial charge in [-0.3, -0.25) is 0 Å². The highest BCUT2D eigenvalue weighted by molar-refractivity contribution is 7.15. The second kappa shape index (κ2) is 3.99. The molecule has 0 radical (unpaired) electrons. The van der Waals surface area contributed by atoms with E-state index in [-0.39, 0.29) is 5.56 Å². The fraction of sp³-hybridized carbons (Fsp3) is 0.0909. The van der Waals surface area contributed by atoms with Crippen molar-refractivity contribution in [3.63, 3.8) is 0 Å². The van der Waals surface area contributed by atoms with Crippen LogP contribution in [-0.4, -0.2) is 4.98 Å². The SMILES string of the molecule is Cc1nc(-c2ccc(F)cc2F)sc1C#N. The monoisotopic (exact) mass is 236 g/mol. The van der Waals surface area contributed by atoms with Crippen molar-refractivity contribution < 1.29 is 8.78 Å². The van der Waals surface area contributed by atoms with Gasteiger partial charge in [0.15, 0.2) is 0 Å². The summed E-state index contributed by atoms with van der Waals surface area (Å²) >= 11 is 1.10. The first-order valence-corrected chi connectivity index (χ1v) is 5.26. The second-order valence-corrected chi connectivity index (χ2v) is 4.17. The van der Waals surface area contributed by atoms with Gasteiger partial charge in [-0.25, -0.2) is 13.8 Å². The van der Waals surface area contributed by atoms with Crippen LogP contribution in [0.25, 0.3) is 10.6 Å². The molecule has 0 saturated heterocycles. The predicted octanol–water partition coefficient (Wildman–Crippen LogP) is 3.27. The molecular formula is C11H6F2N2S. The lowest BCUT2D eigenvalue weighted by atomic mass is 10.2. The minimum absolute atomic E-state index is 0.219. The van der Waals surface area contributed by atoms with Crippen molar-refractivity contribution in [2.75, 3.05) is 0 Å². The zero-order valence-corrected chi connectivity index (χ0v) is 9.11. The third-order valence-corrected chi connectivity index (χ3v) is 3.16. The lowest BCUT2D eigenvalue weighted by molar-refractivity contribution is 0.585. The Morgan fingerprint density at radius 3 is 2.69 bits per heavy atom. The van der Waals surface area contributed by atoms with E-state index in [1.54, 1.807) is 6.92 Å². The van der Waals surface area contributed by atoms with Gasteiger partial charge in [-0.15, -0.1) is 11.3 Å². The summed E-state index contributed by atoms with van der Waals surface area (Å²) in [4.78, 5) is 4.52. The molecule has 1 aromatic heterocycles. The van der Waals surface area contributed by atoms with Gasteiger partial charge in [0.25, 0.3) is 0 Å². The van der Waals surface area contributed by atoms with Crippen LogP contribution in [0.5, 0.6) is 0 Å². The van der Waals surface area contributed by atoms with Crippen LogP contribution in [-0.2, 0) is 0 Å². The molecule has 0 spiro atoms. The summed E-state index contributed by atoms with van der Waals surface area (Å²) in [7, 11) is 0. The number of benzene rings is 1. The Kier molecular flexibility index (Phi) is 2.67. The molecule has 5 heteroatoms. The molecule has 0 aliphatic heterocycles. The molecule has 1 heterocycles. The maximum absolute atomic E-state index is 13.4. The molecule has 0 amide bonds. The fourth-order valence-electron chi connectivity index (χ4n) is 1.28. The van der Waals surface area contributed by atoms with Crippen LogP contribution < -0.4 is 0 Å². The maximum atomic E-state index is 13.4. The van der Waals surface area contributed by atoms with Gasteiger partial charge in [0, 0.05) is 11.6 Å². The first kappa shape index (κ1) is 10.7. The molecule has 80 valence electrons. The zero-order valence-electron chi connectivity index (χ0n) is 8.29. The summed E-state index contributed by atoms with van der Waals surface area (Å²) in [5.41, 5.74) is 0.780. The van der Waals surface area contributed by atoms with Crippen molar-refractivity contribution in [1.82, 2.24) is 4.98 Å². The number of nitriles is 1. The van der Waals surface area contributed by atoms with E-state index in [0.717, 1.165) is 17.4 Å². The minimum Gasteiger partial charge on any atom is -0.240 e.